The summed E-state index contributed by atoms with van der Waals surface area (Å²) in [5.74, 6) is 0. The lowest BCUT2D eigenvalue weighted by atomic mass is 9.99. The van der Waals surface area contributed by atoms with E-state index in [9.17, 15) is 0 Å². The minimum atomic E-state index is 0.544. The molecule has 0 saturated carbocycles. The van der Waals surface area contributed by atoms with E-state index in [0.29, 0.717) is 6.04 Å². The van der Waals surface area contributed by atoms with E-state index in [1.165, 1.54) is 48.9 Å². The number of benzene rings is 1. The molecule has 0 amide bonds. The molecule has 0 unspecified atom stereocenters. The number of likely N-dealkylation sites (tertiary alicyclic amines) is 1. The molecule has 1 fully saturated rings. The maximum absolute atomic E-state index is 4.50. The second-order valence-corrected chi connectivity index (χ2v) is 6.66. The van der Waals surface area contributed by atoms with Crippen molar-refractivity contribution in [1.82, 2.24) is 14.7 Å². The van der Waals surface area contributed by atoms with Gasteiger partial charge in [0.15, 0.2) is 0 Å². The van der Waals surface area contributed by atoms with E-state index < -0.39 is 0 Å². The van der Waals surface area contributed by atoms with Crippen LogP contribution in [0.2, 0.25) is 0 Å². The Balaban J connectivity index is 1.84. The highest BCUT2D eigenvalue weighted by Gasteiger charge is 2.23. The smallest absolute Gasteiger partial charge is 0.0638 e. The zero-order valence-electron chi connectivity index (χ0n) is 14.0. The van der Waals surface area contributed by atoms with E-state index in [4.69, 9.17) is 0 Å². The van der Waals surface area contributed by atoms with Gasteiger partial charge in [-0.3, -0.25) is 9.58 Å². The molecule has 0 bridgehead atoms. The van der Waals surface area contributed by atoms with Crippen molar-refractivity contribution >= 4 is 0 Å². The topological polar surface area (TPSA) is 21.1 Å². The highest BCUT2D eigenvalue weighted by atomic mass is 15.3. The normalized spacial score (nSPS) is 20.0. The van der Waals surface area contributed by atoms with Gasteiger partial charge in [0.05, 0.1) is 5.69 Å². The third kappa shape index (κ3) is 3.41. The molecule has 2 aromatic rings. The van der Waals surface area contributed by atoms with Crippen molar-refractivity contribution in [3.8, 4) is 0 Å². The van der Waals surface area contributed by atoms with E-state index >= 15 is 0 Å². The average molecular weight is 297 g/mol. The van der Waals surface area contributed by atoms with E-state index in [-0.39, 0.29) is 0 Å². The van der Waals surface area contributed by atoms with Crippen LogP contribution in [0.25, 0.3) is 0 Å². The number of aryl methyl sites for hydroxylation is 3. The van der Waals surface area contributed by atoms with Crippen molar-refractivity contribution in [1.29, 1.82) is 0 Å². The van der Waals surface area contributed by atoms with E-state index in [1.807, 2.05) is 11.7 Å². The zero-order chi connectivity index (χ0) is 15.5. The van der Waals surface area contributed by atoms with Crippen molar-refractivity contribution in [2.45, 2.75) is 52.1 Å². The van der Waals surface area contributed by atoms with Crippen LogP contribution in [0.3, 0.4) is 0 Å². The first-order valence-electron chi connectivity index (χ1n) is 8.43. The standard InChI is InChI=1S/C19H27N3/c1-15-8-10-17(11-9-15)19-7-5-4-6-12-22(19)14-18-13-21(3)20-16(18)2/h8-11,13,19H,4-7,12,14H2,1-3H3/t19-/m1/s1. The number of aromatic nitrogens is 2. The number of nitrogens with zero attached hydrogens (tertiary/aromatic N) is 3. The molecule has 0 aliphatic carbocycles. The summed E-state index contributed by atoms with van der Waals surface area (Å²) in [6, 6.07) is 9.66. The van der Waals surface area contributed by atoms with Crippen LogP contribution in [0.15, 0.2) is 30.5 Å². The highest BCUT2D eigenvalue weighted by Crippen LogP contribution is 2.31. The number of rotatable bonds is 3. The summed E-state index contributed by atoms with van der Waals surface area (Å²) >= 11 is 0. The Morgan fingerprint density at radius 1 is 1.09 bits per heavy atom. The van der Waals surface area contributed by atoms with Gasteiger partial charge in [0, 0.05) is 31.4 Å². The SMILES string of the molecule is Cc1ccc([C@H]2CCCCCN2Cc2cn(C)nc2C)cc1. The molecule has 1 aliphatic heterocycles. The molecule has 1 aromatic carbocycles. The third-order valence-electron chi connectivity index (χ3n) is 4.81. The molecule has 1 aliphatic rings. The Morgan fingerprint density at radius 2 is 1.86 bits per heavy atom. The molecule has 0 N–H and O–H groups in total. The first-order valence-corrected chi connectivity index (χ1v) is 8.43. The summed E-state index contributed by atoms with van der Waals surface area (Å²) in [7, 11) is 2.01. The Bertz CT molecular complexity index is 612. The first kappa shape index (κ1) is 15.3. The summed E-state index contributed by atoms with van der Waals surface area (Å²) in [4.78, 5) is 2.65. The molecule has 0 radical (unpaired) electrons. The fourth-order valence-corrected chi connectivity index (χ4v) is 3.55. The van der Waals surface area contributed by atoms with Crippen molar-refractivity contribution in [2.75, 3.05) is 6.54 Å². The quantitative estimate of drug-likeness (QED) is 0.848. The molecule has 3 rings (SSSR count). The molecule has 2 heterocycles. The Hall–Kier alpha value is -1.61. The summed E-state index contributed by atoms with van der Waals surface area (Å²) < 4.78 is 1.93. The van der Waals surface area contributed by atoms with Gasteiger partial charge in [0.25, 0.3) is 0 Å². The second-order valence-electron chi connectivity index (χ2n) is 6.66. The van der Waals surface area contributed by atoms with Crippen LogP contribution < -0.4 is 0 Å². The predicted molar refractivity (Wildman–Crippen MR) is 90.7 cm³/mol. The van der Waals surface area contributed by atoms with Crippen LogP contribution in [0.5, 0.6) is 0 Å². The van der Waals surface area contributed by atoms with Crippen LogP contribution in [0.4, 0.5) is 0 Å². The molecule has 1 aromatic heterocycles. The van der Waals surface area contributed by atoms with Gasteiger partial charge >= 0.3 is 0 Å². The number of hydrogen-bond acceptors (Lipinski definition) is 2. The molecule has 3 heteroatoms. The van der Waals surface area contributed by atoms with E-state index in [1.54, 1.807) is 0 Å². The predicted octanol–water partition coefficient (Wildman–Crippen LogP) is 4.15. The Kier molecular flexibility index (Phi) is 4.63. The molecular formula is C19H27N3. The summed E-state index contributed by atoms with van der Waals surface area (Å²) in [6.07, 6.45) is 7.43. The van der Waals surface area contributed by atoms with Crippen LogP contribution in [0.1, 0.15) is 54.1 Å². The maximum atomic E-state index is 4.50. The fourth-order valence-electron chi connectivity index (χ4n) is 3.55. The van der Waals surface area contributed by atoms with Gasteiger partial charge in [-0.25, -0.2) is 0 Å². The van der Waals surface area contributed by atoms with Crippen LogP contribution in [0, 0.1) is 13.8 Å². The summed E-state index contributed by atoms with van der Waals surface area (Å²) in [5, 5.41) is 4.50. The zero-order valence-corrected chi connectivity index (χ0v) is 14.0. The molecule has 3 nitrogen and oxygen atoms in total. The molecular weight excluding hydrogens is 270 g/mol. The van der Waals surface area contributed by atoms with Crippen LogP contribution >= 0.6 is 0 Å². The third-order valence-corrected chi connectivity index (χ3v) is 4.81. The van der Waals surface area contributed by atoms with E-state index in [2.05, 4.69) is 54.3 Å². The van der Waals surface area contributed by atoms with Gasteiger partial charge in [-0.05, 0) is 38.8 Å². The lowest BCUT2D eigenvalue weighted by Gasteiger charge is -2.30. The van der Waals surface area contributed by atoms with Gasteiger partial charge < -0.3 is 0 Å². The lowest BCUT2D eigenvalue weighted by Crippen LogP contribution is -2.28. The molecule has 1 saturated heterocycles. The monoisotopic (exact) mass is 297 g/mol. The van der Waals surface area contributed by atoms with Gasteiger partial charge in [-0.1, -0.05) is 42.7 Å². The van der Waals surface area contributed by atoms with Gasteiger partial charge in [-0.2, -0.15) is 5.10 Å². The minimum Gasteiger partial charge on any atom is -0.292 e. The average Bonchev–Trinajstić information content (AvgIpc) is 2.69. The van der Waals surface area contributed by atoms with Gasteiger partial charge in [0.2, 0.25) is 0 Å². The van der Waals surface area contributed by atoms with Crippen molar-refractivity contribution in [3.63, 3.8) is 0 Å². The molecule has 1 atom stereocenters. The van der Waals surface area contributed by atoms with Crippen LogP contribution in [-0.4, -0.2) is 21.2 Å². The molecule has 118 valence electrons. The van der Waals surface area contributed by atoms with Crippen molar-refractivity contribution in [2.24, 2.45) is 7.05 Å². The largest absolute Gasteiger partial charge is 0.292 e. The fraction of sp³-hybridized carbons (Fsp3) is 0.526. The van der Waals surface area contributed by atoms with E-state index in [0.717, 1.165) is 12.2 Å². The van der Waals surface area contributed by atoms with Gasteiger partial charge in [-0.15, -0.1) is 0 Å². The Labute approximate surface area is 133 Å². The van der Waals surface area contributed by atoms with Crippen molar-refractivity contribution < 1.29 is 0 Å². The van der Waals surface area contributed by atoms with Crippen molar-refractivity contribution in [3.05, 3.63) is 52.8 Å². The lowest BCUT2D eigenvalue weighted by molar-refractivity contribution is 0.192. The maximum Gasteiger partial charge on any atom is 0.0638 e. The second kappa shape index (κ2) is 6.66. The first-order chi connectivity index (χ1) is 10.6. The molecule has 0 spiro atoms. The summed E-state index contributed by atoms with van der Waals surface area (Å²) in [5.41, 5.74) is 5.33. The van der Waals surface area contributed by atoms with Crippen LogP contribution in [-0.2, 0) is 13.6 Å². The minimum absolute atomic E-state index is 0.544. The highest BCUT2D eigenvalue weighted by molar-refractivity contribution is 5.25. The summed E-state index contributed by atoms with van der Waals surface area (Å²) in [6.45, 7) is 6.48. The number of hydrogen-bond donors (Lipinski definition) is 0. The molecule has 22 heavy (non-hydrogen) atoms. The van der Waals surface area contributed by atoms with Gasteiger partial charge in [0.1, 0.15) is 0 Å². The Morgan fingerprint density at radius 3 is 2.55 bits per heavy atom.